The Balaban J connectivity index is 2.14. The third kappa shape index (κ3) is 3.87. The van der Waals surface area contributed by atoms with E-state index in [9.17, 15) is 0 Å². The Labute approximate surface area is 116 Å². The van der Waals surface area contributed by atoms with Gasteiger partial charge in [0.1, 0.15) is 0 Å². The van der Waals surface area contributed by atoms with Gasteiger partial charge in [0.05, 0.1) is 13.2 Å². The summed E-state index contributed by atoms with van der Waals surface area (Å²) in [6.07, 6.45) is 6.59. The molecule has 0 aliphatic heterocycles. The summed E-state index contributed by atoms with van der Waals surface area (Å²) in [5.74, 6) is 1.78. The molecule has 1 saturated carbocycles. The molecule has 3 heteroatoms. The standard InChI is InChI=1S/C16H25NO2/c1-3-17-12-13-8-7-11-15(18-2)16(13)19-14-9-5-4-6-10-14/h7-8,11,14,17H,3-6,9-10,12H2,1-2H3. The second-order valence-electron chi connectivity index (χ2n) is 5.11. The fourth-order valence-corrected chi connectivity index (χ4v) is 2.60. The summed E-state index contributed by atoms with van der Waals surface area (Å²) >= 11 is 0. The van der Waals surface area contributed by atoms with Crippen molar-refractivity contribution in [2.75, 3.05) is 13.7 Å². The molecule has 0 bridgehead atoms. The van der Waals surface area contributed by atoms with E-state index in [4.69, 9.17) is 9.47 Å². The van der Waals surface area contributed by atoms with Crippen LogP contribution < -0.4 is 14.8 Å². The van der Waals surface area contributed by atoms with Crippen LogP contribution in [0.2, 0.25) is 0 Å². The van der Waals surface area contributed by atoms with Gasteiger partial charge in [0, 0.05) is 12.1 Å². The predicted octanol–water partition coefficient (Wildman–Crippen LogP) is 3.52. The molecule has 0 atom stereocenters. The lowest BCUT2D eigenvalue weighted by Gasteiger charge is -2.25. The van der Waals surface area contributed by atoms with Crippen molar-refractivity contribution in [2.45, 2.75) is 51.7 Å². The molecule has 0 aromatic heterocycles. The van der Waals surface area contributed by atoms with Gasteiger partial charge in [0.15, 0.2) is 11.5 Å². The molecule has 1 aliphatic carbocycles. The van der Waals surface area contributed by atoms with Gasteiger partial charge in [-0.3, -0.25) is 0 Å². The van der Waals surface area contributed by atoms with Gasteiger partial charge in [0.2, 0.25) is 0 Å². The van der Waals surface area contributed by atoms with Crippen LogP contribution in [0.5, 0.6) is 11.5 Å². The Morgan fingerprint density at radius 1 is 1.21 bits per heavy atom. The van der Waals surface area contributed by atoms with E-state index in [2.05, 4.69) is 18.3 Å². The normalized spacial score (nSPS) is 16.3. The lowest BCUT2D eigenvalue weighted by Crippen LogP contribution is -2.21. The Hall–Kier alpha value is -1.22. The molecule has 2 rings (SSSR count). The Bertz CT molecular complexity index is 386. The van der Waals surface area contributed by atoms with Crippen LogP contribution >= 0.6 is 0 Å². The van der Waals surface area contributed by atoms with Crippen molar-refractivity contribution in [1.82, 2.24) is 5.32 Å². The largest absolute Gasteiger partial charge is 0.493 e. The van der Waals surface area contributed by atoms with E-state index < -0.39 is 0 Å². The highest BCUT2D eigenvalue weighted by Gasteiger charge is 2.19. The third-order valence-electron chi connectivity index (χ3n) is 3.68. The van der Waals surface area contributed by atoms with Crippen molar-refractivity contribution in [2.24, 2.45) is 0 Å². The minimum absolute atomic E-state index is 0.352. The first-order chi connectivity index (χ1) is 9.35. The van der Waals surface area contributed by atoms with Crippen molar-refractivity contribution in [3.8, 4) is 11.5 Å². The Morgan fingerprint density at radius 3 is 2.68 bits per heavy atom. The minimum Gasteiger partial charge on any atom is -0.493 e. The number of rotatable bonds is 6. The van der Waals surface area contributed by atoms with Crippen LogP contribution in [-0.4, -0.2) is 19.8 Å². The monoisotopic (exact) mass is 263 g/mol. The first kappa shape index (κ1) is 14.2. The van der Waals surface area contributed by atoms with Gasteiger partial charge in [-0.2, -0.15) is 0 Å². The van der Waals surface area contributed by atoms with E-state index in [1.165, 1.54) is 37.7 Å². The number of hydrogen-bond acceptors (Lipinski definition) is 3. The number of ether oxygens (including phenoxy) is 2. The molecular formula is C16H25NO2. The number of nitrogens with one attached hydrogen (secondary N) is 1. The average molecular weight is 263 g/mol. The summed E-state index contributed by atoms with van der Waals surface area (Å²) in [7, 11) is 1.71. The zero-order valence-electron chi connectivity index (χ0n) is 12.1. The molecule has 0 saturated heterocycles. The van der Waals surface area contributed by atoms with E-state index in [-0.39, 0.29) is 0 Å². The number of methoxy groups -OCH3 is 1. The lowest BCUT2D eigenvalue weighted by atomic mass is 9.97. The van der Waals surface area contributed by atoms with Gasteiger partial charge >= 0.3 is 0 Å². The first-order valence-electron chi connectivity index (χ1n) is 7.38. The second kappa shape index (κ2) is 7.39. The molecule has 3 nitrogen and oxygen atoms in total. The maximum Gasteiger partial charge on any atom is 0.166 e. The van der Waals surface area contributed by atoms with Crippen LogP contribution in [0.25, 0.3) is 0 Å². The van der Waals surface area contributed by atoms with Crippen LogP contribution in [0, 0.1) is 0 Å². The van der Waals surface area contributed by atoms with Crippen molar-refractivity contribution in [1.29, 1.82) is 0 Å². The van der Waals surface area contributed by atoms with Gasteiger partial charge in [0.25, 0.3) is 0 Å². The zero-order chi connectivity index (χ0) is 13.5. The quantitative estimate of drug-likeness (QED) is 0.852. The molecule has 1 aromatic rings. The van der Waals surface area contributed by atoms with E-state index in [0.29, 0.717) is 6.10 Å². The Kier molecular flexibility index (Phi) is 5.52. The first-order valence-corrected chi connectivity index (χ1v) is 7.38. The molecule has 0 radical (unpaired) electrons. The van der Waals surface area contributed by atoms with Gasteiger partial charge < -0.3 is 14.8 Å². The van der Waals surface area contributed by atoms with Crippen LogP contribution in [-0.2, 0) is 6.54 Å². The van der Waals surface area contributed by atoms with Crippen molar-refractivity contribution in [3.05, 3.63) is 23.8 Å². The number of hydrogen-bond donors (Lipinski definition) is 1. The van der Waals surface area contributed by atoms with Crippen LogP contribution in [0.3, 0.4) is 0 Å². The van der Waals surface area contributed by atoms with Gasteiger partial charge in [-0.1, -0.05) is 25.5 Å². The SMILES string of the molecule is CCNCc1cccc(OC)c1OC1CCCCC1. The van der Waals surface area contributed by atoms with E-state index in [0.717, 1.165) is 24.6 Å². The molecule has 0 unspecified atom stereocenters. The summed E-state index contributed by atoms with van der Waals surface area (Å²) in [4.78, 5) is 0. The van der Waals surface area contributed by atoms with Crippen LogP contribution in [0.4, 0.5) is 0 Å². The topological polar surface area (TPSA) is 30.5 Å². The summed E-state index contributed by atoms with van der Waals surface area (Å²) in [6.45, 7) is 3.90. The number of benzene rings is 1. The summed E-state index contributed by atoms with van der Waals surface area (Å²) < 4.78 is 11.7. The maximum atomic E-state index is 6.24. The van der Waals surface area contributed by atoms with Crippen molar-refractivity contribution < 1.29 is 9.47 Å². The molecular weight excluding hydrogens is 238 g/mol. The minimum atomic E-state index is 0.352. The summed E-state index contributed by atoms with van der Waals surface area (Å²) in [6, 6.07) is 6.12. The fourth-order valence-electron chi connectivity index (χ4n) is 2.60. The lowest BCUT2D eigenvalue weighted by molar-refractivity contribution is 0.148. The maximum absolute atomic E-state index is 6.24. The van der Waals surface area contributed by atoms with E-state index >= 15 is 0 Å². The second-order valence-corrected chi connectivity index (χ2v) is 5.11. The predicted molar refractivity (Wildman–Crippen MR) is 77.9 cm³/mol. The third-order valence-corrected chi connectivity index (χ3v) is 3.68. The molecule has 0 spiro atoms. The van der Waals surface area contributed by atoms with Crippen molar-refractivity contribution >= 4 is 0 Å². The zero-order valence-corrected chi connectivity index (χ0v) is 12.1. The smallest absolute Gasteiger partial charge is 0.166 e. The Morgan fingerprint density at radius 2 is 2.00 bits per heavy atom. The van der Waals surface area contributed by atoms with E-state index in [1.54, 1.807) is 7.11 Å². The molecule has 1 aromatic carbocycles. The highest BCUT2D eigenvalue weighted by atomic mass is 16.5. The molecule has 1 N–H and O–H groups in total. The highest BCUT2D eigenvalue weighted by Crippen LogP contribution is 2.34. The van der Waals surface area contributed by atoms with Crippen LogP contribution in [0.1, 0.15) is 44.6 Å². The van der Waals surface area contributed by atoms with Gasteiger partial charge in [-0.05, 0) is 38.3 Å². The van der Waals surface area contributed by atoms with Crippen molar-refractivity contribution in [3.63, 3.8) is 0 Å². The fraction of sp³-hybridized carbons (Fsp3) is 0.625. The summed E-state index contributed by atoms with van der Waals surface area (Å²) in [5, 5.41) is 3.36. The number of para-hydroxylation sites is 1. The molecule has 0 amide bonds. The molecule has 106 valence electrons. The summed E-state index contributed by atoms with van der Waals surface area (Å²) in [5.41, 5.74) is 1.19. The van der Waals surface area contributed by atoms with Gasteiger partial charge in [-0.15, -0.1) is 0 Å². The molecule has 0 heterocycles. The highest BCUT2D eigenvalue weighted by molar-refractivity contribution is 5.46. The molecule has 1 fully saturated rings. The van der Waals surface area contributed by atoms with Crippen LogP contribution in [0.15, 0.2) is 18.2 Å². The van der Waals surface area contributed by atoms with E-state index in [1.807, 2.05) is 12.1 Å². The molecule has 1 aliphatic rings. The van der Waals surface area contributed by atoms with Gasteiger partial charge in [-0.25, -0.2) is 0 Å². The molecule has 19 heavy (non-hydrogen) atoms. The average Bonchev–Trinajstić information content (AvgIpc) is 2.47.